The first-order valence-corrected chi connectivity index (χ1v) is 10.4. The number of hydrogen-bond acceptors (Lipinski definition) is 5. The van der Waals surface area contributed by atoms with E-state index in [0.717, 1.165) is 5.56 Å². The van der Waals surface area contributed by atoms with E-state index in [2.05, 4.69) is 0 Å². The number of ether oxygens (including phenoxy) is 1. The van der Waals surface area contributed by atoms with Gasteiger partial charge in [0.15, 0.2) is 6.04 Å². The van der Waals surface area contributed by atoms with E-state index in [4.69, 9.17) is 4.74 Å². The third-order valence-corrected chi connectivity index (χ3v) is 6.56. The van der Waals surface area contributed by atoms with Gasteiger partial charge in [-0.15, -0.1) is 11.3 Å². The lowest BCUT2D eigenvalue weighted by molar-refractivity contribution is -0.143. The lowest BCUT2D eigenvalue weighted by Crippen LogP contribution is -2.58. The maximum absolute atomic E-state index is 13.4. The standard InChI is InChI=1S/C21H22N2O5S/c1-14-5-2-3-6-15(14)18(24)23-16(20(26)27)13-28-21(23)8-10-22(11-9-21)19(25)17-7-4-12-29-17/h2-7,12,16H,8-11,13H2,1H3,(H,26,27)/t16-/m0/s1. The van der Waals surface area contributed by atoms with Gasteiger partial charge in [0.1, 0.15) is 5.72 Å². The summed E-state index contributed by atoms with van der Waals surface area (Å²) in [5.41, 5.74) is 0.254. The molecule has 4 rings (SSSR count). The third-order valence-electron chi connectivity index (χ3n) is 5.70. The Hall–Kier alpha value is -2.71. The van der Waals surface area contributed by atoms with Crippen LogP contribution in [0.25, 0.3) is 0 Å². The minimum atomic E-state index is -1.08. The van der Waals surface area contributed by atoms with E-state index < -0.39 is 17.7 Å². The van der Waals surface area contributed by atoms with Crippen LogP contribution in [0.2, 0.25) is 0 Å². The zero-order chi connectivity index (χ0) is 20.6. The molecule has 1 atom stereocenters. The lowest BCUT2D eigenvalue weighted by atomic mass is 9.96. The lowest BCUT2D eigenvalue weighted by Gasteiger charge is -2.44. The first kappa shape index (κ1) is 19.6. The Morgan fingerprint density at radius 1 is 1.10 bits per heavy atom. The number of hydrogen-bond donors (Lipinski definition) is 1. The van der Waals surface area contributed by atoms with Gasteiger partial charge in [-0.1, -0.05) is 24.3 Å². The number of carboxylic acids is 1. The zero-order valence-electron chi connectivity index (χ0n) is 16.0. The molecule has 152 valence electrons. The monoisotopic (exact) mass is 414 g/mol. The number of thiophene rings is 1. The van der Waals surface area contributed by atoms with Crippen molar-refractivity contribution >= 4 is 29.1 Å². The molecule has 1 aromatic carbocycles. The van der Waals surface area contributed by atoms with Gasteiger partial charge in [-0.2, -0.15) is 0 Å². The van der Waals surface area contributed by atoms with Crippen molar-refractivity contribution in [3.05, 3.63) is 57.8 Å². The number of likely N-dealkylation sites (tertiary alicyclic amines) is 1. The minimum absolute atomic E-state index is 0.0422. The van der Waals surface area contributed by atoms with E-state index >= 15 is 0 Å². The van der Waals surface area contributed by atoms with Crippen LogP contribution >= 0.6 is 11.3 Å². The smallest absolute Gasteiger partial charge is 0.328 e. The molecule has 2 saturated heterocycles. The number of amides is 2. The molecular weight excluding hydrogens is 392 g/mol. The Kier molecular flexibility index (Phi) is 5.14. The maximum atomic E-state index is 13.4. The molecule has 8 heteroatoms. The second kappa shape index (κ2) is 7.61. The van der Waals surface area contributed by atoms with Gasteiger partial charge in [-0.3, -0.25) is 14.5 Å². The second-order valence-electron chi connectivity index (χ2n) is 7.37. The SMILES string of the molecule is Cc1ccccc1C(=O)N1[C@H](C(=O)O)COC12CCN(C(=O)c1cccs1)CC2. The highest BCUT2D eigenvalue weighted by Crippen LogP contribution is 2.39. The van der Waals surface area contributed by atoms with Crippen LogP contribution in [-0.2, 0) is 9.53 Å². The van der Waals surface area contributed by atoms with Gasteiger partial charge in [0.2, 0.25) is 0 Å². The second-order valence-corrected chi connectivity index (χ2v) is 8.32. The van der Waals surface area contributed by atoms with Crippen LogP contribution in [0.5, 0.6) is 0 Å². The Morgan fingerprint density at radius 2 is 1.83 bits per heavy atom. The number of aryl methyl sites for hydroxylation is 1. The summed E-state index contributed by atoms with van der Waals surface area (Å²) >= 11 is 1.39. The average Bonchev–Trinajstić information content (AvgIpc) is 3.37. The topological polar surface area (TPSA) is 87.2 Å². The van der Waals surface area contributed by atoms with Crippen molar-refractivity contribution in [1.82, 2.24) is 9.80 Å². The highest BCUT2D eigenvalue weighted by atomic mass is 32.1. The summed E-state index contributed by atoms with van der Waals surface area (Å²) in [6.07, 6.45) is 0.761. The molecule has 2 aromatic rings. The van der Waals surface area contributed by atoms with Crippen LogP contribution in [0.15, 0.2) is 41.8 Å². The van der Waals surface area contributed by atoms with E-state index in [1.54, 1.807) is 23.1 Å². The predicted molar refractivity (Wildman–Crippen MR) is 107 cm³/mol. The maximum Gasteiger partial charge on any atom is 0.328 e. The van der Waals surface area contributed by atoms with E-state index in [1.807, 2.05) is 30.5 Å². The van der Waals surface area contributed by atoms with Crippen molar-refractivity contribution in [1.29, 1.82) is 0 Å². The van der Waals surface area contributed by atoms with Crippen molar-refractivity contribution < 1.29 is 24.2 Å². The van der Waals surface area contributed by atoms with Gasteiger partial charge in [-0.05, 0) is 30.0 Å². The Morgan fingerprint density at radius 3 is 2.45 bits per heavy atom. The zero-order valence-corrected chi connectivity index (χ0v) is 16.9. The van der Waals surface area contributed by atoms with Gasteiger partial charge in [0.25, 0.3) is 11.8 Å². The van der Waals surface area contributed by atoms with E-state index in [9.17, 15) is 19.5 Å². The van der Waals surface area contributed by atoms with Crippen molar-refractivity contribution in [2.45, 2.75) is 31.5 Å². The highest BCUT2D eigenvalue weighted by Gasteiger charge is 2.54. The molecule has 0 bridgehead atoms. The predicted octanol–water partition coefficient (Wildman–Crippen LogP) is 2.61. The van der Waals surface area contributed by atoms with Gasteiger partial charge in [-0.25, -0.2) is 4.79 Å². The number of carbonyl (C=O) groups excluding carboxylic acids is 2. The molecule has 1 aromatic heterocycles. The number of carbonyl (C=O) groups is 3. The van der Waals surface area contributed by atoms with Crippen molar-refractivity contribution in [3.63, 3.8) is 0 Å². The summed E-state index contributed by atoms with van der Waals surface area (Å²) in [4.78, 5) is 41.7. The summed E-state index contributed by atoms with van der Waals surface area (Å²) in [7, 11) is 0. The van der Waals surface area contributed by atoms with E-state index in [0.29, 0.717) is 36.4 Å². The summed E-state index contributed by atoms with van der Waals surface area (Å²) in [5, 5.41) is 11.6. The summed E-state index contributed by atoms with van der Waals surface area (Å²) in [5.74, 6) is -1.47. The fraction of sp³-hybridized carbons (Fsp3) is 0.381. The molecule has 1 spiro atoms. The molecule has 2 fully saturated rings. The first-order valence-electron chi connectivity index (χ1n) is 9.52. The number of aliphatic carboxylic acids is 1. The molecule has 0 radical (unpaired) electrons. The number of carboxylic acid groups (broad SMARTS) is 1. The Balaban J connectivity index is 1.59. The Labute approximate surface area is 172 Å². The van der Waals surface area contributed by atoms with Crippen molar-refractivity contribution in [2.75, 3.05) is 19.7 Å². The fourth-order valence-electron chi connectivity index (χ4n) is 4.11. The highest BCUT2D eigenvalue weighted by molar-refractivity contribution is 7.12. The first-order chi connectivity index (χ1) is 13.9. The molecule has 29 heavy (non-hydrogen) atoms. The van der Waals surface area contributed by atoms with Crippen LogP contribution in [0.3, 0.4) is 0 Å². The quantitative estimate of drug-likeness (QED) is 0.834. The molecule has 3 heterocycles. The molecule has 0 aliphatic carbocycles. The molecular formula is C21H22N2O5S. The fourth-order valence-corrected chi connectivity index (χ4v) is 4.80. The molecule has 7 nitrogen and oxygen atoms in total. The normalized spacial score (nSPS) is 20.8. The molecule has 0 unspecified atom stereocenters. The summed E-state index contributed by atoms with van der Waals surface area (Å²) < 4.78 is 5.96. The van der Waals surface area contributed by atoms with Crippen LogP contribution in [0.4, 0.5) is 0 Å². The van der Waals surface area contributed by atoms with Crippen molar-refractivity contribution in [2.24, 2.45) is 0 Å². The molecule has 2 aliphatic rings. The van der Waals surface area contributed by atoms with Crippen molar-refractivity contribution in [3.8, 4) is 0 Å². The number of rotatable bonds is 3. The molecule has 0 saturated carbocycles. The van der Waals surface area contributed by atoms with E-state index in [1.165, 1.54) is 16.2 Å². The third kappa shape index (κ3) is 3.42. The minimum Gasteiger partial charge on any atom is -0.480 e. The largest absolute Gasteiger partial charge is 0.480 e. The number of benzene rings is 1. The number of piperidine rings is 1. The van der Waals surface area contributed by atoms with E-state index in [-0.39, 0.29) is 18.4 Å². The summed E-state index contributed by atoms with van der Waals surface area (Å²) in [6.45, 7) is 2.59. The molecule has 2 aliphatic heterocycles. The van der Waals surface area contributed by atoms with Gasteiger partial charge in [0.05, 0.1) is 11.5 Å². The average molecular weight is 414 g/mol. The molecule has 2 amide bonds. The van der Waals surface area contributed by atoms with Crippen LogP contribution < -0.4 is 0 Å². The number of nitrogens with zero attached hydrogens (tertiary/aromatic N) is 2. The Bertz CT molecular complexity index is 934. The summed E-state index contributed by atoms with van der Waals surface area (Å²) in [6, 6.07) is 9.73. The van der Waals surface area contributed by atoms with Crippen LogP contribution in [0, 0.1) is 6.92 Å². The van der Waals surface area contributed by atoms with Gasteiger partial charge >= 0.3 is 5.97 Å². The molecule has 1 N–H and O–H groups in total. The van der Waals surface area contributed by atoms with Gasteiger partial charge in [0, 0.05) is 31.5 Å². The van der Waals surface area contributed by atoms with Crippen LogP contribution in [0.1, 0.15) is 38.4 Å². The van der Waals surface area contributed by atoms with Gasteiger partial charge < -0.3 is 14.7 Å². The van der Waals surface area contributed by atoms with Crippen LogP contribution in [-0.4, -0.2) is 64.2 Å².